The van der Waals surface area contributed by atoms with Gasteiger partial charge in [0.05, 0.1) is 11.4 Å². The highest BCUT2D eigenvalue weighted by Gasteiger charge is 2.24. The summed E-state index contributed by atoms with van der Waals surface area (Å²) in [4.78, 5) is 9.36. The van der Waals surface area contributed by atoms with Crippen LogP contribution in [0.25, 0.3) is 22.8 Å². The third kappa shape index (κ3) is 3.20. The van der Waals surface area contributed by atoms with E-state index >= 15 is 0 Å². The molecule has 31 heavy (non-hydrogen) atoms. The van der Waals surface area contributed by atoms with E-state index in [9.17, 15) is 0 Å². The topological polar surface area (TPSA) is 42.2 Å². The van der Waals surface area contributed by atoms with Crippen molar-refractivity contribution in [1.82, 2.24) is 10.1 Å². The molecule has 4 aromatic carbocycles. The molecule has 0 atom stereocenters. The minimum Gasteiger partial charge on any atom is -0.334 e. The number of hydrogen-bond acceptors (Lipinski definition) is 5. The maximum atomic E-state index is 5.52. The fraction of sp³-hybridized carbons (Fsp3) is 0. The molecule has 4 nitrogen and oxygen atoms in total. The van der Waals surface area contributed by atoms with Crippen LogP contribution < -0.4 is 4.90 Å². The van der Waals surface area contributed by atoms with Gasteiger partial charge in [-0.15, -0.1) is 0 Å². The van der Waals surface area contributed by atoms with Gasteiger partial charge in [0.15, 0.2) is 0 Å². The molecular weight excluding hydrogens is 402 g/mol. The van der Waals surface area contributed by atoms with Gasteiger partial charge in [0.1, 0.15) is 0 Å². The predicted molar refractivity (Wildman–Crippen MR) is 124 cm³/mol. The largest absolute Gasteiger partial charge is 0.334 e. The minimum atomic E-state index is 0.514. The van der Waals surface area contributed by atoms with Gasteiger partial charge in [0, 0.05) is 26.6 Å². The molecule has 6 rings (SSSR count). The number of benzene rings is 4. The molecule has 0 aliphatic carbocycles. The van der Waals surface area contributed by atoms with Crippen LogP contribution in [0.3, 0.4) is 0 Å². The number of anilines is 3. The van der Waals surface area contributed by atoms with Crippen molar-refractivity contribution in [3.05, 3.63) is 103 Å². The molecular formula is C26H17N3OS. The molecule has 0 fully saturated rings. The van der Waals surface area contributed by atoms with Crippen LogP contribution in [0.4, 0.5) is 17.1 Å². The Morgan fingerprint density at radius 2 is 1.23 bits per heavy atom. The highest BCUT2D eigenvalue weighted by atomic mass is 32.2. The van der Waals surface area contributed by atoms with Gasteiger partial charge in [-0.05, 0) is 48.5 Å². The zero-order chi connectivity index (χ0) is 20.6. The lowest BCUT2D eigenvalue weighted by Gasteiger charge is -2.32. The Morgan fingerprint density at radius 1 is 0.613 bits per heavy atom. The van der Waals surface area contributed by atoms with Gasteiger partial charge in [0.25, 0.3) is 5.89 Å². The van der Waals surface area contributed by atoms with E-state index in [1.807, 2.05) is 42.5 Å². The van der Waals surface area contributed by atoms with Gasteiger partial charge < -0.3 is 9.42 Å². The first-order valence-electron chi connectivity index (χ1n) is 10.0. The Kier molecular flexibility index (Phi) is 4.32. The molecule has 0 saturated carbocycles. The summed E-state index contributed by atoms with van der Waals surface area (Å²) in [6.45, 7) is 0. The Hall–Kier alpha value is -3.83. The van der Waals surface area contributed by atoms with Gasteiger partial charge in [0.2, 0.25) is 5.82 Å². The molecule has 148 valence electrons. The normalized spacial score (nSPS) is 12.3. The molecule has 0 saturated heterocycles. The fourth-order valence-corrected chi connectivity index (χ4v) is 4.84. The number of rotatable bonds is 3. The molecule has 1 aliphatic rings. The van der Waals surface area contributed by atoms with Crippen molar-refractivity contribution >= 4 is 28.8 Å². The number of fused-ring (bicyclic) bond motifs is 2. The van der Waals surface area contributed by atoms with Crippen LogP contribution in [0.15, 0.2) is 117 Å². The molecule has 0 amide bonds. The van der Waals surface area contributed by atoms with Gasteiger partial charge >= 0.3 is 0 Å². The maximum Gasteiger partial charge on any atom is 0.258 e. The Morgan fingerprint density at radius 3 is 1.90 bits per heavy atom. The van der Waals surface area contributed by atoms with E-state index in [0.29, 0.717) is 11.7 Å². The maximum absolute atomic E-state index is 5.52. The van der Waals surface area contributed by atoms with Crippen LogP contribution in [0.1, 0.15) is 0 Å². The van der Waals surface area contributed by atoms with Crippen molar-refractivity contribution in [1.29, 1.82) is 0 Å². The van der Waals surface area contributed by atoms with Crippen molar-refractivity contribution in [3.63, 3.8) is 0 Å². The van der Waals surface area contributed by atoms with E-state index in [2.05, 4.69) is 75.7 Å². The van der Waals surface area contributed by atoms with E-state index in [-0.39, 0.29) is 0 Å². The van der Waals surface area contributed by atoms with Crippen LogP contribution >= 0.6 is 11.8 Å². The average Bonchev–Trinajstić information content (AvgIpc) is 3.34. The van der Waals surface area contributed by atoms with Crippen LogP contribution in [0.2, 0.25) is 0 Å². The number of nitrogens with zero attached hydrogens (tertiary/aromatic N) is 3. The van der Waals surface area contributed by atoms with Crippen molar-refractivity contribution in [2.75, 3.05) is 4.90 Å². The SMILES string of the molecule is c1ccc(-c2noc(-c3ccc(N4c5ccccc5Sc5ccccc54)cc3)n2)cc1. The molecule has 0 radical (unpaired) electrons. The molecule has 0 unspecified atom stereocenters. The third-order valence-corrected chi connectivity index (χ3v) is 6.39. The minimum absolute atomic E-state index is 0.514. The van der Waals surface area contributed by atoms with E-state index in [4.69, 9.17) is 4.52 Å². The Bertz CT molecular complexity index is 1320. The molecule has 5 aromatic rings. The van der Waals surface area contributed by atoms with E-state index in [1.165, 1.54) is 21.2 Å². The Labute approximate surface area is 184 Å². The van der Waals surface area contributed by atoms with Crippen molar-refractivity contribution in [2.45, 2.75) is 9.79 Å². The first-order valence-corrected chi connectivity index (χ1v) is 10.8. The van der Waals surface area contributed by atoms with Crippen LogP contribution in [0.5, 0.6) is 0 Å². The third-order valence-electron chi connectivity index (χ3n) is 5.26. The summed E-state index contributed by atoms with van der Waals surface area (Å²) in [6, 6.07) is 35.1. The predicted octanol–water partition coefficient (Wildman–Crippen LogP) is 7.34. The molecule has 5 heteroatoms. The summed E-state index contributed by atoms with van der Waals surface area (Å²) in [5, 5.41) is 4.14. The highest BCUT2D eigenvalue weighted by molar-refractivity contribution is 7.99. The average molecular weight is 420 g/mol. The summed E-state index contributed by atoms with van der Waals surface area (Å²) in [5.74, 6) is 1.11. The van der Waals surface area contributed by atoms with E-state index in [0.717, 1.165) is 16.8 Å². The van der Waals surface area contributed by atoms with Gasteiger partial charge in [-0.25, -0.2) is 0 Å². The Balaban J connectivity index is 1.37. The monoisotopic (exact) mass is 419 g/mol. The molecule has 1 aromatic heterocycles. The van der Waals surface area contributed by atoms with Gasteiger partial charge in [-0.3, -0.25) is 0 Å². The van der Waals surface area contributed by atoms with Gasteiger partial charge in [-0.1, -0.05) is 71.5 Å². The summed E-state index contributed by atoms with van der Waals surface area (Å²) < 4.78 is 5.52. The number of para-hydroxylation sites is 2. The second-order valence-corrected chi connectivity index (χ2v) is 8.29. The van der Waals surface area contributed by atoms with Crippen LogP contribution in [-0.4, -0.2) is 10.1 Å². The lowest BCUT2D eigenvalue weighted by atomic mass is 10.1. The second-order valence-electron chi connectivity index (χ2n) is 7.21. The molecule has 0 bridgehead atoms. The summed E-state index contributed by atoms with van der Waals surface area (Å²) in [6.07, 6.45) is 0. The number of hydrogen-bond donors (Lipinski definition) is 0. The lowest BCUT2D eigenvalue weighted by Crippen LogP contribution is -2.14. The zero-order valence-corrected chi connectivity index (χ0v) is 17.3. The van der Waals surface area contributed by atoms with Crippen LogP contribution in [-0.2, 0) is 0 Å². The standard InChI is InChI=1S/C26H17N3OS/c1-2-8-18(9-3-1)25-27-26(30-28-25)19-14-16-20(17-15-19)29-21-10-4-6-12-23(21)31-24-13-7-5-11-22(24)29/h1-17H. The smallest absolute Gasteiger partial charge is 0.258 e. The molecule has 2 heterocycles. The second kappa shape index (κ2) is 7.45. The fourth-order valence-electron chi connectivity index (χ4n) is 3.78. The summed E-state index contributed by atoms with van der Waals surface area (Å²) in [5.41, 5.74) is 5.29. The molecule has 0 N–H and O–H groups in total. The van der Waals surface area contributed by atoms with E-state index < -0.39 is 0 Å². The molecule has 0 spiro atoms. The summed E-state index contributed by atoms with van der Waals surface area (Å²) >= 11 is 1.81. The first kappa shape index (κ1) is 18.0. The van der Waals surface area contributed by atoms with Crippen molar-refractivity contribution in [3.8, 4) is 22.8 Å². The van der Waals surface area contributed by atoms with E-state index in [1.54, 1.807) is 11.8 Å². The van der Waals surface area contributed by atoms with Crippen LogP contribution in [0, 0.1) is 0 Å². The number of aromatic nitrogens is 2. The zero-order valence-electron chi connectivity index (χ0n) is 16.5. The first-order chi connectivity index (χ1) is 15.4. The van der Waals surface area contributed by atoms with Crippen molar-refractivity contribution < 1.29 is 4.52 Å². The summed E-state index contributed by atoms with van der Waals surface area (Å²) in [7, 11) is 0. The quantitative estimate of drug-likeness (QED) is 0.300. The van der Waals surface area contributed by atoms with Crippen molar-refractivity contribution in [2.24, 2.45) is 0 Å². The molecule has 1 aliphatic heterocycles. The highest BCUT2D eigenvalue weighted by Crippen LogP contribution is 2.51. The van der Waals surface area contributed by atoms with Gasteiger partial charge in [-0.2, -0.15) is 4.98 Å². The lowest BCUT2D eigenvalue weighted by molar-refractivity contribution is 0.432.